The lowest BCUT2D eigenvalue weighted by atomic mass is 9.97. The Bertz CT molecular complexity index is 526. The second-order valence-corrected chi connectivity index (χ2v) is 7.47. The fourth-order valence-corrected chi connectivity index (χ4v) is 4.47. The standard InChI is InChI=1S/C17H25N3O2S/c21-16-13(8-3-4-10-18-16)19-17(22)20-15(12-6-1-2-7-12)14-9-5-11-23-14/h5,9,11-13,15H,1-4,6-8,10H2,(H,18,21)(H2,19,20,22)/t13-,15+/m1/s1. The van der Waals surface area contributed by atoms with Crippen LogP contribution in [0.3, 0.4) is 0 Å². The van der Waals surface area contributed by atoms with Gasteiger partial charge >= 0.3 is 6.03 Å². The molecule has 3 N–H and O–H groups in total. The quantitative estimate of drug-likeness (QED) is 0.792. The molecule has 23 heavy (non-hydrogen) atoms. The molecule has 1 saturated heterocycles. The molecular weight excluding hydrogens is 310 g/mol. The lowest BCUT2D eigenvalue weighted by Crippen LogP contribution is -2.50. The maximum Gasteiger partial charge on any atom is 0.315 e. The third kappa shape index (κ3) is 4.25. The van der Waals surface area contributed by atoms with E-state index in [0.29, 0.717) is 18.9 Å². The van der Waals surface area contributed by atoms with Crippen LogP contribution in [0, 0.1) is 5.92 Å². The number of nitrogens with one attached hydrogen (secondary N) is 3. The first-order valence-corrected chi connectivity index (χ1v) is 9.50. The molecule has 0 bridgehead atoms. The highest BCUT2D eigenvalue weighted by molar-refractivity contribution is 7.10. The van der Waals surface area contributed by atoms with E-state index >= 15 is 0 Å². The van der Waals surface area contributed by atoms with Crippen molar-refractivity contribution >= 4 is 23.3 Å². The number of hydrogen-bond donors (Lipinski definition) is 3. The SMILES string of the molecule is O=C(N[C@H](c1cccs1)C1CCCC1)N[C@@H]1CCCCNC1=O. The van der Waals surface area contributed by atoms with Crippen molar-refractivity contribution in [3.63, 3.8) is 0 Å². The van der Waals surface area contributed by atoms with Crippen molar-refractivity contribution in [1.29, 1.82) is 0 Å². The van der Waals surface area contributed by atoms with Gasteiger partial charge in [0.25, 0.3) is 0 Å². The molecule has 1 aromatic heterocycles. The molecule has 2 heterocycles. The zero-order valence-corrected chi connectivity index (χ0v) is 14.2. The van der Waals surface area contributed by atoms with Crippen molar-refractivity contribution in [2.24, 2.45) is 5.92 Å². The topological polar surface area (TPSA) is 70.2 Å². The summed E-state index contributed by atoms with van der Waals surface area (Å²) in [6.07, 6.45) is 7.44. The third-order valence-electron chi connectivity index (χ3n) is 4.85. The molecule has 1 aliphatic carbocycles. The molecule has 0 aromatic carbocycles. The third-order valence-corrected chi connectivity index (χ3v) is 5.80. The zero-order chi connectivity index (χ0) is 16.1. The summed E-state index contributed by atoms with van der Waals surface area (Å²) in [5.41, 5.74) is 0. The van der Waals surface area contributed by atoms with E-state index in [9.17, 15) is 9.59 Å². The van der Waals surface area contributed by atoms with Gasteiger partial charge in [0.1, 0.15) is 6.04 Å². The van der Waals surface area contributed by atoms with Crippen LogP contribution < -0.4 is 16.0 Å². The van der Waals surface area contributed by atoms with Crippen molar-refractivity contribution in [2.45, 2.75) is 57.0 Å². The van der Waals surface area contributed by atoms with Gasteiger partial charge < -0.3 is 16.0 Å². The highest BCUT2D eigenvalue weighted by Crippen LogP contribution is 2.37. The van der Waals surface area contributed by atoms with E-state index in [4.69, 9.17) is 0 Å². The summed E-state index contributed by atoms with van der Waals surface area (Å²) in [6.45, 7) is 0.707. The zero-order valence-electron chi connectivity index (χ0n) is 13.3. The van der Waals surface area contributed by atoms with Crippen molar-refractivity contribution in [3.05, 3.63) is 22.4 Å². The summed E-state index contributed by atoms with van der Waals surface area (Å²) in [5, 5.41) is 10.9. The minimum absolute atomic E-state index is 0.0614. The molecular formula is C17H25N3O2S. The molecule has 2 atom stereocenters. The number of rotatable bonds is 4. The molecule has 3 rings (SSSR count). The van der Waals surface area contributed by atoms with Gasteiger partial charge in [-0.05, 0) is 49.5 Å². The van der Waals surface area contributed by atoms with E-state index in [0.717, 1.165) is 25.7 Å². The Hall–Kier alpha value is -1.56. The molecule has 0 spiro atoms. The van der Waals surface area contributed by atoms with E-state index in [1.807, 2.05) is 6.07 Å². The second-order valence-electron chi connectivity index (χ2n) is 6.49. The van der Waals surface area contributed by atoms with E-state index < -0.39 is 6.04 Å². The molecule has 1 aromatic rings. The largest absolute Gasteiger partial charge is 0.354 e. The Balaban J connectivity index is 1.62. The first-order chi connectivity index (χ1) is 11.2. The number of carbonyl (C=O) groups is 2. The van der Waals surface area contributed by atoms with Crippen LogP contribution in [0.4, 0.5) is 4.79 Å². The molecule has 2 aliphatic rings. The van der Waals surface area contributed by atoms with Gasteiger partial charge in [0.15, 0.2) is 0 Å². The Morgan fingerprint density at radius 3 is 2.74 bits per heavy atom. The van der Waals surface area contributed by atoms with Crippen molar-refractivity contribution in [1.82, 2.24) is 16.0 Å². The monoisotopic (exact) mass is 335 g/mol. The van der Waals surface area contributed by atoms with Crippen LogP contribution >= 0.6 is 11.3 Å². The van der Waals surface area contributed by atoms with Crippen LogP contribution in [-0.2, 0) is 4.79 Å². The molecule has 1 saturated carbocycles. The summed E-state index contributed by atoms with van der Waals surface area (Å²) >= 11 is 1.69. The van der Waals surface area contributed by atoms with E-state index in [2.05, 4.69) is 27.4 Å². The van der Waals surface area contributed by atoms with Gasteiger partial charge in [0.2, 0.25) is 5.91 Å². The van der Waals surface area contributed by atoms with Crippen molar-refractivity contribution < 1.29 is 9.59 Å². The molecule has 3 amide bonds. The van der Waals surface area contributed by atoms with Crippen LogP contribution in [0.2, 0.25) is 0 Å². The Kier molecular flexibility index (Phi) is 5.54. The molecule has 2 fully saturated rings. The fourth-order valence-electron chi connectivity index (χ4n) is 3.60. The molecule has 0 unspecified atom stereocenters. The van der Waals surface area contributed by atoms with Gasteiger partial charge in [0.05, 0.1) is 6.04 Å². The average molecular weight is 335 g/mol. The van der Waals surface area contributed by atoms with Crippen LogP contribution in [0.1, 0.15) is 55.9 Å². The predicted molar refractivity (Wildman–Crippen MR) is 91.3 cm³/mol. The first-order valence-electron chi connectivity index (χ1n) is 8.62. The minimum atomic E-state index is -0.412. The molecule has 1 aliphatic heterocycles. The van der Waals surface area contributed by atoms with Gasteiger partial charge in [-0.2, -0.15) is 0 Å². The number of urea groups is 1. The molecule has 126 valence electrons. The van der Waals surface area contributed by atoms with Crippen LogP contribution in [0.5, 0.6) is 0 Å². The number of amides is 3. The van der Waals surface area contributed by atoms with E-state index in [1.165, 1.54) is 17.7 Å². The van der Waals surface area contributed by atoms with Crippen molar-refractivity contribution in [2.75, 3.05) is 6.54 Å². The van der Waals surface area contributed by atoms with Crippen LogP contribution in [0.25, 0.3) is 0 Å². The lowest BCUT2D eigenvalue weighted by Gasteiger charge is -2.25. The summed E-state index contributed by atoms with van der Waals surface area (Å²) in [5.74, 6) is 0.438. The van der Waals surface area contributed by atoms with Gasteiger partial charge in [-0.3, -0.25) is 4.79 Å². The normalized spacial score (nSPS) is 23.8. The highest BCUT2D eigenvalue weighted by Gasteiger charge is 2.30. The number of hydrogen-bond acceptors (Lipinski definition) is 3. The summed E-state index contributed by atoms with van der Waals surface area (Å²) < 4.78 is 0. The van der Waals surface area contributed by atoms with Crippen LogP contribution in [0.15, 0.2) is 17.5 Å². The van der Waals surface area contributed by atoms with Crippen molar-refractivity contribution in [3.8, 4) is 0 Å². The maximum atomic E-state index is 12.4. The Labute approximate surface area is 141 Å². The molecule has 5 nitrogen and oxygen atoms in total. The van der Waals surface area contributed by atoms with Gasteiger partial charge in [-0.1, -0.05) is 18.9 Å². The molecule has 6 heteroatoms. The summed E-state index contributed by atoms with van der Waals surface area (Å²) in [7, 11) is 0. The van der Waals surface area contributed by atoms with Gasteiger partial charge in [0, 0.05) is 11.4 Å². The Morgan fingerprint density at radius 1 is 1.22 bits per heavy atom. The highest BCUT2D eigenvalue weighted by atomic mass is 32.1. The maximum absolute atomic E-state index is 12.4. The smallest absolute Gasteiger partial charge is 0.315 e. The van der Waals surface area contributed by atoms with Gasteiger partial charge in [-0.25, -0.2) is 4.79 Å². The van der Waals surface area contributed by atoms with E-state index in [-0.39, 0.29) is 18.0 Å². The minimum Gasteiger partial charge on any atom is -0.354 e. The van der Waals surface area contributed by atoms with Crippen LogP contribution in [-0.4, -0.2) is 24.5 Å². The van der Waals surface area contributed by atoms with Gasteiger partial charge in [-0.15, -0.1) is 11.3 Å². The number of thiophene rings is 1. The summed E-state index contributed by atoms with van der Waals surface area (Å²) in [6, 6.07) is 3.54. The van der Waals surface area contributed by atoms with E-state index in [1.54, 1.807) is 11.3 Å². The first kappa shape index (κ1) is 16.3. The number of carbonyl (C=O) groups excluding carboxylic acids is 2. The second kappa shape index (κ2) is 7.81. The average Bonchev–Trinajstić information content (AvgIpc) is 3.21. The summed E-state index contributed by atoms with van der Waals surface area (Å²) in [4.78, 5) is 25.6. The predicted octanol–water partition coefficient (Wildman–Crippen LogP) is 2.95. The fraction of sp³-hybridized carbons (Fsp3) is 0.647. The Morgan fingerprint density at radius 2 is 2.00 bits per heavy atom. The molecule has 0 radical (unpaired) electrons. The lowest BCUT2D eigenvalue weighted by molar-refractivity contribution is -0.122.